The number of halogens is 1. The molecular weight excluding hydrogens is 306 g/mol. The van der Waals surface area contributed by atoms with Crippen LogP contribution in [0.2, 0.25) is 0 Å². The van der Waals surface area contributed by atoms with Crippen LogP contribution in [0, 0.1) is 0 Å². The zero-order chi connectivity index (χ0) is 12.3. The number of para-hydroxylation sites is 1. The molecule has 0 spiro atoms. The smallest absolute Gasteiger partial charge is 0.339 e. The lowest BCUT2D eigenvalue weighted by molar-refractivity contribution is 0.0691. The average Bonchev–Trinajstić information content (AvgIpc) is 2.80. The number of hydrogen-bond acceptors (Lipinski definition) is 4. The van der Waals surface area contributed by atoms with E-state index in [0.717, 1.165) is 5.69 Å². The number of ether oxygens (including phenoxy) is 1. The third-order valence-corrected chi connectivity index (χ3v) is 3.30. The predicted molar refractivity (Wildman–Crippen MR) is 67.5 cm³/mol. The van der Waals surface area contributed by atoms with Gasteiger partial charge in [0.1, 0.15) is 17.9 Å². The minimum atomic E-state index is -1.01. The summed E-state index contributed by atoms with van der Waals surface area (Å²) in [6.45, 7) is 0.256. The van der Waals surface area contributed by atoms with Crippen molar-refractivity contribution in [2.24, 2.45) is 0 Å². The quantitative estimate of drug-likeness (QED) is 0.941. The molecule has 88 valence electrons. The lowest BCUT2D eigenvalue weighted by Gasteiger charge is -2.09. The molecule has 1 aromatic carbocycles. The van der Waals surface area contributed by atoms with Crippen molar-refractivity contribution < 1.29 is 14.6 Å². The summed E-state index contributed by atoms with van der Waals surface area (Å²) >= 11 is 4.74. The van der Waals surface area contributed by atoms with Gasteiger partial charge in [-0.3, -0.25) is 0 Å². The Labute approximate surface area is 110 Å². The molecule has 0 bridgehead atoms. The fourth-order valence-electron chi connectivity index (χ4n) is 1.28. The van der Waals surface area contributed by atoms with Crippen LogP contribution in [0.15, 0.2) is 33.6 Å². The second-order valence-electron chi connectivity index (χ2n) is 3.19. The van der Waals surface area contributed by atoms with E-state index in [2.05, 4.69) is 20.9 Å². The molecule has 0 saturated heterocycles. The molecule has 0 fully saturated rings. The topological polar surface area (TPSA) is 59.4 Å². The number of benzene rings is 1. The molecular formula is C11H8BrNO3S. The fourth-order valence-corrected chi connectivity index (χ4v) is 2.30. The normalized spacial score (nSPS) is 10.2. The largest absolute Gasteiger partial charge is 0.485 e. The highest BCUT2D eigenvalue weighted by Crippen LogP contribution is 2.29. The number of rotatable bonds is 4. The van der Waals surface area contributed by atoms with E-state index in [0.29, 0.717) is 10.2 Å². The second-order valence-corrected chi connectivity index (χ2v) is 4.76. The van der Waals surface area contributed by atoms with Gasteiger partial charge in [-0.1, -0.05) is 6.07 Å². The molecule has 1 heterocycles. The van der Waals surface area contributed by atoms with Gasteiger partial charge in [-0.2, -0.15) is 0 Å². The number of nitrogens with zero attached hydrogens (tertiary/aromatic N) is 1. The van der Waals surface area contributed by atoms with Crippen molar-refractivity contribution in [1.29, 1.82) is 0 Å². The highest BCUT2D eigenvalue weighted by Gasteiger charge is 2.14. The van der Waals surface area contributed by atoms with Crippen LogP contribution in [-0.4, -0.2) is 16.1 Å². The molecule has 1 aromatic heterocycles. The lowest BCUT2D eigenvalue weighted by Crippen LogP contribution is -2.04. The van der Waals surface area contributed by atoms with E-state index in [1.54, 1.807) is 17.6 Å². The molecule has 0 amide bonds. The lowest BCUT2D eigenvalue weighted by atomic mass is 10.2. The van der Waals surface area contributed by atoms with E-state index in [9.17, 15) is 4.79 Å². The van der Waals surface area contributed by atoms with Gasteiger partial charge in [0.05, 0.1) is 15.7 Å². The number of aromatic carboxylic acids is 1. The Hall–Kier alpha value is -1.40. The molecule has 0 aliphatic carbocycles. The standard InChI is InChI=1S/C11H8BrNO3S/c12-9-3-1-2-8(11(14)15)10(9)16-4-7-5-17-6-13-7/h1-3,5-6H,4H2,(H,14,15). The minimum absolute atomic E-state index is 0.134. The van der Waals surface area contributed by atoms with Gasteiger partial charge in [-0.15, -0.1) is 11.3 Å². The summed E-state index contributed by atoms with van der Waals surface area (Å²) in [5, 5.41) is 10.9. The van der Waals surface area contributed by atoms with Crippen molar-refractivity contribution >= 4 is 33.2 Å². The fraction of sp³-hybridized carbons (Fsp3) is 0.0909. The van der Waals surface area contributed by atoms with Crippen LogP contribution in [0.4, 0.5) is 0 Å². The van der Waals surface area contributed by atoms with Crippen molar-refractivity contribution in [3.8, 4) is 5.75 Å². The number of thiazole rings is 1. The van der Waals surface area contributed by atoms with Crippen LogP contribution >= 0.6 is 27.3 Å². The molecule has 17 heavy (non-hydrogen) atoms. The Balaban J connectivity index is 2.22. The predicted octanol–water partition coefficient (Wildman–Crippen LogP) is 3.18. The van der Waals surface area contributed by atoms with Crippen LogP contribution in [0.1, 0.15) is 16.1 Å². The minimum Gasteiger partial charge on any atom is -0.485 e. The average molecular weight is 314 g/mol. The second kappa shape index (κ2) is 5.29. The Bertz CT molecular complexity index is 528. The highest BCUT2D eigenvalue weighted by atomic mass is 79.9. The summed E-state index contributed by atoms with van der Waals surface area (Å²) < 4.78 is 6.11. The molecule has 0 unspecified atom stereocenters. The molecule has 0 aliphatic heterocycles. The maximum absolute atomic E-state index is 11.0. The molecule has 0 atom stereocenters. The Morgan fingerprint density at radius 1 is 1.53 bits per heavy atom. The van der Waals surface area contributed by atoms with E-state index in [1.165, 1.54) is 17.4 Å². The van der Waals surface area contributed by atoms with E-state index < -0.39 is 5.97 Å². The van der Waals surface area contributed by atoms with Crippen LogP contribution in [-0.2, 0) is 6.61 Å². The van der Waals surface area contributed by atoms with Crippen LogP contribution in [0.25, 0.3) is 0 Å². The molecule has 2 aromatic rings. The summed E-state index contributed by atoms with van der Waals surface area (Å²) in [4.78, 5) is 15.1. The molecule has 1 N–H and O–H groups in total. The number of hydrogen-bond donors (Lipinski definition) is 1. The van der Waals surface area contributed by atoms with Crippen LogP contribution in [0.5, 0.6) is 5.75 Å². The monoisotopic (exact) mass is 313 g/mol. The molecule has 4 nitrogen and oxygen atoms in total. The van der Waals surface area contributed by atoms with Crippen molar-refractivity contribution in [1.82, 2.24) is 4.98 Å². The van der Waals surface area contributed by atoms with E-state index >= 15 is 0 Å². The molecule has 0 radical (unpaired) electrons. The number of carboxylic acid groups (broad SMARTS) is 1. The van der Waals surface area contributed by atoms with Crippen molar-refractivity contribution in [3.63, 3.8) is 0 Å². The van der Waals surface area contributed by atoms with Gasteiger partial charge >= 0.3 is 5.97 Å². The third-order valence-electron chi connectivity index (χ3n) is 2.05. The van der Waals surface area contributed by atoms with Crippen LogP contribution < -0.4 is 4.74 Å². The van der Waals surface area contributed by atoms with Gasteiger partial charge in [-0.05, 0) is 28.1 Å². The first kappa shape index (κ1) is 12.1. The molecule has 6 heteroatoms. The van der Waals surface area contributed by atoms with Gasteiger partial charge in [0.2, 0.25) is 0 Å². The first-order valence-electron chi connectivity index (χ1n) is 4.70. The highest BCUT2D eigenvalue weighted by molar-refractivity contribution is 9.10. The zero-order valence-corrected chi connectivity index (χ0v) is 11.0. The number of aromatic nitrogens is 1. The summed E-state index contributed by atoms with van der Waals surface area (Å²) in [7, 11) is 0. The zero-order valence-electron chi connectivity index (χ0n) is 8.59. The van der Waals surface area contributed by atoms with Crippen molar-refractivity contribution in [2.75, 3.05) is 0 Å². The third kappa shape index (κ3) is 2.83. The van der Waals surface area contributed by atoms with Crippen molar-refractivity contribution in [3.05, 3.63) is 44.8 Å². The molecule has 2 rings (SSSR count). The van der Waals surface area contributed by atoms with Gasteiger partial charge in [0.25, 0.3) is 0 Å². The molecule has 0 aliphatic rings. The maximum atomic E-state index is 11.0. The Kier molecular flexibility index (Phi) is 3.75. The van der Waals surface area contributed by atoms with E-state index in [-0.39, 0.29) is 12.2 Å². The van der Waals surface area contributed by atoms with Gasteiger partial charge in [-0.25, -0.2) is 9.78 Å². The first-order chi connectivity index (χ1) is 8.18. The summed E-state index contributed by atoms with van der Waals surface area (Å²) in [5.74, 6) is -0.687. The summed E-state index contributed by atoms with van der Waals surface area (Å²) in [6.07, 6.45) is 0. The van der Waals surface area contributed by atoms with E-state index in [1.807, 2.05) is 5.38 Å². The van der Waals surface area contributed by atoms with Crippen LogP contribution in [0.3, 0.4) is 0 Å². The first-order valence-corrected chi connectivity index (χ1v) is 6.43. The van der Waals surface area contributed by atoms with Crippen molar-refractivity contribution in [2.45, 2.75) is 6.61 Å². The Morgan fingerprint density at radius 2 is 2.35 bits per heavy atom. The Morgan fingerprint density at radius 3 is 3.00 bits per heavy atom. The summed E-state index contributed by atoms with van der Waals surface area (Å²) in [6, 6.07) is 4.90. The SMILES string of the molecule is O=C(O)c1cccc(Br)c1OCc1cscn1. The number of carboxylic acids is 1. The molecule has 0 saturated carbocycles. The summed E-state index contributed by atoms with van der Waals surface area (Å²) in [5.41, 5.74) is 2.62. The van der Waals surface area contributed by atoms with Gasteiger partial charge in [0.15, 0.2) is 0 Å². The van der Waals surface area contributed by atoms with E-state index in [4.69, 9.17) is 9.84 Å². The number of carbonyl (C=O) groups is 1. The maximum Gasteiger partial charge on any atom is 0.339 e. The van der Waals surface area contributed by atoms with Gasteiger partial charge in [0, 0.05) is 5.38 Å². The van der Waals surface area contributed by atoms with Gasteiger partial charge < -0.3 is 9.84 Å².